The Hall–Kier alpha value is -2.09. The van der Waals surface area contributed by atoms with Gasteiger partial charge in [-0.25, -0.2) is 0 Å². The zero-order valence-electron chi connectivity index (χ0n) is 10.5. The number of anilines is 1. The summed E-state index contributed by atoms with van der Waals surface area (Å²) in [5.74, 6) is 0. The van der Waals surface area contributed by atoms with Gasteiger partial charge in [0, 0.05) is 11.9 Å². The SMILES string of the molecule is Cc1c(N)ccnc1C1=Cc2ccccc2CC1. The molecule has 0 saturated heterocycles. The number of allylic oxidation sites excluding steroid dienone is 1. The number of hydrogen-bond donors (Lipinski definition) is 1. The Morgan fingerprint density at radius 2 is 1.94 bits per heavy atom. The van der Waals surface area contributed by atoms with Crippen LogP contribution in [-0.4, -0.2) is 4.98 Å². The Morgan fingerprint density at radius 3 is 2.83 bits per heavy atom. The molecule has 2 nitrogen and oxygen atoms in total. The number of nitrogens with two attached hydrogens (primary N) is 1. The van der Waals surface area contributed by atoms with Crippen molar-refractivity contribution in [3.63, 3.8) is 0 Å². The fourth-order valence-electron chi connectivity index (χ4n) is 2.49. The van der Waals surface area contributed by atoms with E-state index in [2.05, 4.69) is 35.3 Å². The number of hydrogen-bond acceptors (Lipinski definition) is 2. The van der Waals surface area contributed by atoms with Gasteiger partial charge in [0.15, 0.2) is 0 Å². The van der Waals surface area contributed by atoms with Crippen LogP contribution < -0.4 is 5.73 Å². The predicted molar refractivity (Wildman–Crippen MR) is 76.0 cm³/mol. The fraction of sp³-hybridized carbons (Fsp3) is 0.188. The van der Waals surface area contributed by atoms with Crippen molar-refractivity contribution in [3.05, 3.63) is 58.9 Å². The molecule has 18 heavy (non-hydrogen) atoms. The van der Waals surface area contributed by atoms with Crippen LogP contribution in [0, 0.1) is 6.92 Å². The lowest BCUT2D eigenvalue weighted by molar-refractivity contribution is 0.987. The number of pyridine rings is 1. The molecular weight excluding hydrogens is 220 g/mol. The van der Waals surface area contributed by atoms with Crippen LogP contribution in [0.25, 0.3) is 11.6 Å². The average molecular weight is 236 g/mol. The molecule has 2 aromatic rings. The molecule has 2 heteroatoms. The molecule has 1 aromatic heterocycles. The van der Waals surface area contributed by atoms with E-state index in [9.17, 15) is 0 Å². The largest absolute Gasteiger partial charge is 0.398 e. The number of aryl methyl sites for hydroxylation is 1. The minimum Gasteiger partial charge on any atom is -0.398 e. The molecular formula is C16H16N2. The number of aromatic nitrogens is 1. The lowest BCUT2D eigenvalue weighted by Gasteiger charge is -2.17. The van der Waals surface area contributed by atoms with Crippen molar-refractivity contribution in [3.8, 4) is 0 Å². The smallest absolute Gasteiger partial charge is 0.0711 e. The highest BCUT2D eigenvalue weighted by atomic mass is 14.7. The molecule has 3 rings (SSSR count). The second kappa shape index (κ2) is 4.30. The molecule has 0 bridgehead atoms. The van der Waals surface area contributed by atoms with Gasteiger partial charge < -0.3 is 5.73 Å². The molecule has 0 unspecified atom stereocenters. The third kappa shape index (κ3) is 1.80. The Bertz CT molecular complexity index is 627. The first kappa shape index (κ1) is 11.0. The lowest BCUT2D eigenvalue weighted by Crippen LogP contribution is -2.03. The maximum Gasteiger partial charge on any atom is 0.0711 e. The molecule has 0 spiro atoms. The standard InChI is InChI=1S/C16H16N2/c1-11-15(17)8-9-18-16(11)14-7-6-12-4-2-3-5-13(12)10-14/h2-5,8-10H,6-7H2,1H3,(H2,17,18). The molecule has 0 atom stereocenters. The number of rotatable bonds is 1. The van der Waals surface area contributed by atoms with E-state index in [-0.39, 0.29) is 0 Å². The van der Waals surface area contributed by atoms with Crippen molar-refractivity contribution in [1.29, 1.82) is 0 Å². The maximum absolute atomic E-state index is 5.95. The van der Waals surface area contributed by atoms with E-state index in [4.69, 9.17) is 5.73 Å². The molecule has 2 N–H and O–H groups in total. The minimum absolute atomic E-state index is 0.819. The topological polar surface area (TPSA) is 38.9 Å². The second-order valence-corrected chi connectivity index (χ2v) is 4.74. The minimum atomic E-state index is 0.819. The third-order valence-electron chi connectivity index (χ3n) is 3.60. The molecule has 90 valence electrons. The van der Waals surface area contributed by atoms with Gasteiger partial charge in [-0.1, -0.05) is 24.3 Å². The van der Waals surface area contributed by atoms with Crippen LogP contribution in [0.2, 0.25) is 0 Å². The first-order valence-corrected chi connectivity index (χ1v) is 6.25. The van der Waals surface area contributed by atoms with E-state index in [1.54, 1.807) is 6.20 Å². The summed E-state index contributed by atoms with van der Waals surface area (Å²) in [6, 6.07) is 10.4. The van der Waals surface area contributed by atoms with Crippen LogP contribution in [-0.2, 0) is 6.42 Å². The summed E-state index contributed by atoms with van der Waals surface area (Å²) in [5, 5.41) is 0. The maximum atomic E-state index is 5.95. The van der Waals surface area contributed by atoms with Gasteiger partial charge in [0.25, 0.3) is 0 Å². The van der Waals surface area contributed by atoms with Crippen LogP contribution in [0.3, 0.4) is 0 Å². The average Bonchev–Trinajstić information content (AvgIpc) is 2.41. The number of fused-ring (bicyclic) bond motifs is 1. The predicted octanol–water partition coefficient (Wildman–Crippen LogP) is 3.46. The quantitative estimate of drug-likeness (QED) is 0.823. The van der Waals surface area contributed by atoms with Crippen molar-refractivity contribution in [2.45, 2.75) is 19.8 Å². The van der Waals surface area contributed by atoms with Crippen LogP contribution >= 0.6 is 0 Å². The summed E-state index contributed by atoms with van der Waals surface area (Å²) in [5.41, 5.74) is 12.9. The zero-order valence-corrected chi connectivity index (χ0v) is 10.5. The Kier molecular flexibility index (Phi) is 2.63. The van der Waals surface area contributed by atoms with E-state index in [0.717, 1.165) is 29.8 Å². The van der Waals surface area contributed by atoms with Crippen molar-refractivity contribution in [2.24, 2.45) is 0 Å². The van der Waals surface area contributed by atoms with E-state index in [1.807, 2.05) is 13.0 Å². The van der Waals surface area contributed by atoms with Gasteiger partial charge in [-0.15, -0.1) is 0 Å². The highest BCUT2D eigenvalue weighted by Crippen LogP contribution is 2.31. The summed E-state index contributed by atoms with van der Waals surface area (Å²) < 4.78 is 0. The first-order chi connectivity index (χ1) is 8.75. The Labute approximate surface area is 107 Å². The molecule has 0 radical (unpaired) electrons. The number of nitrogen functional groups attached to an aromatic ring is 1. The van der Waals surface area contributed by atoms with Crippen molar-refractivity contribution in [2.75, 3.05) is 5.73 Å². The first-order valence-electron chi connectivity index (χ1n) is 6.25. The third-order valence-corrected chi connectivity index (χ3v) is 3.60. The van der Waals surface area contributed by atoms with Crippen molar-refractivity contribution in [1.82, 2.24) is 4.98 Å². The van der Waals surface area contributed by atoms with E-state index < -0.39 is 0 Å². The number of nitrogens with zero attached hydrogens (tertiary/aromatic N) is 1. The molecule has 0 aliphatic heterocycles. The van der Waals surface area contributed by atoms with Gasteiger partial charge in [-0.3, -0.25) is 4.98 Å². The molecule has 1 aliphatic rings. The summed E-state index contributed by atoms with van der Waals surface area (Å²) in [7, 11) is 0. The molecule has 1 heterocycles. The summed E-state index contributed by atoms with van der Waals surface area (Å²) in [6.45, 7) is 2.04. The van der Waals surface area contributed by atoms with Crippen LogP contribution in [0.15, 0.2) is 36.5 Å². The number of benzene rings is 1. The fourth-order valence-corrected chi connectivity index (χ4v) is 2.49. The molecule has 1 aliphatic carbocycles. The van der Waals surface area contributed by atoms with Gasteiger partial charge in [-0.05, 0) is 54.2 Å². The lowest BCUT2D eigenvalue weighted by atomic mass is 9.89. The van der Waals surface area contributed by atoms with Crippen molar-refractivity contribution >= 4 is 17.3 Å². The molecule has 1 aromatic carbocycles. The summed E-state index contributed by atoms with van der Waals surface area (Å²) >= 11 is 0. The summed E-state index contributed by atoms with van der Waals surface area (Å²) in [6.07, 6.45) is 6.15. The van der Waals surface area contributed by atoms with Crippen LogP contribution in [0.4, 0.5) is 5.69 Å². The highest BCUT2D eigenvalue weighted by molar-refractivity contribution is 5.85. The monoisotopic (exact) mass is 236 g/mol. The Morgan fingerprint density at radius 1 is 1.11 bits per heavy atom. The van der Waals surface area contributed by atoms with E-state index >= 15 is 0 Å². The van der Waals surface area contributed by atoms with Gasteiger partial charge in [-0.2, -0.15) is 0 Å². The second-order valence-electron chi connectivity index (χ2n) is 4.74. The van der Waals surface area contributed by atoms with Gasteiger partial charge in [0.2, 0.25) is 0 Å². The van der Waals surface area contributed by atoms with Gasteiger partial charge in [0.05, 0.1) is 5.69 Å². The van der Waals surface area contributed by atoms with Crippen LogP contribution in [0.1, 0.15) is 28.8 Å². The van der Waals surface area contributed by atoms with Gasteiger partial charge >= 0.3 is 0 Å². The van der Waals surface area contributed by atoms with Crippen molar-refractivity contribution < 1.29 is 0 Å². The zero-order chi connectivity index (χ0) is 12.5. The molecule has 0 amide bonds. The normalized spacial score (nSPS) is 13.9. The highest BCUT2D eigenvalue weighted by Gasteiger charge is 2.14. The molecule has 0 fully saturated rings. The van der Waals surface area contributed by atoms with Crippen LogP contribution in [0.5, 0.6) is 0 Å². The van der Waals surface area contributed by atoms with E-state index in [0.29, 0.717) is 0 Å². The summed E-state index contributed by atoms with van der Waals surface area (Å²) in [4.78, 5) is 4.49. The molecule has 0 saturated carbocycles. The Balaban J connectivity index is 2.10. The van der Waals surface area contributed by atoms with Gasteiger partial charge in [0.1, 0.15) is 0 Å². The van der Waals surface area contributed by atoms with E-state index in [1.165, 1.54) is 16.7 Å².